The number of hydrogen-bond acceptors (Lipinski definition) is 8. The van der Waals surface area contributed by atoms with Crippen LogP contribution >= 0.6 is 7.47 Å². The molecular weight excluding hydrogens is 307 g/mol. The van der Waals surface area contributed by atoms with Crippen LogP contribution in [0.4, 0.5) is 17.2 Å². The molecule has 108 valence electrons. The van der Waals surface area contributed by atoms with Gasteiger partial charge in [0, 0.05) is 0 Å². The van der Waals surface area contributed by atoms with Gasteiger partial charge in [0.2, 0.25) is 0 Å². The fourth-order valence-electron chi connectivity index (χ4n) is 1.20. The van der Waals surface area contributed by atoms with Gasteiger partial charge in [-0.15, -0.1) is 0 Å². The number of halogens is 4. The van der Waals surface area contributed by atoms with Gasteiger partial charge in [0.15, 0.2) is 0 Å². The molecule has 2 fully saturated rings. The number of carbonyl (C=O) groups excluding carboxylic acids is 4. The molecule has 0 atom stereocenters. The van der Waals surface area contributed by atoms with Gasteiger partial charge in [-0.1, -0.05) is 0 Å². The summed E-state index contributed by atoms with van der Waals surface area (Å²) in [6.45, 7) is 0. The number of rotatable bonds is 0. The van der Waals surface area contributed by atoms with E-state index in [1.54, 1.807) is 0 Å². The molecule has 0 aromatic heterocycles. The van der Waals surface area contributed by atoms with Gasteiger partial charge in [0.05, 0.1) is 0 Å². The van der Waals surface area contributed by atoms with Crippen LogP contribution in [0.25, 0.3) is 0 Å². The fourth-order valence-corrected chi connectivity index (χ4v) is 3.22. The summed E-state index contributed by atoms with van der Waals surface area (Å²) in [6.07, 6.45) is -6.50. The van der Waals surface area contributed by atoms with Crippen LogP contribution in [0.5, 0.6) is 0 Å². The van der Waals surface area contributed by atoms with Crippen LogP contribution in [0.2, 0.25) is 0 Å². The van der Waals surface area contributed by atoms with E-state index in [0.29, 0.717) is 0 Å². The van der Waals surface area contributed by atoms with Gasteiger partial charge in [-0.2, -0.15) is 0 Å². The Hall–Kier alpha value is -1.97. The van der Waals surface area contributed by atoms with Crippen molar-refractivity contribution < 1.29 is 54.4 Å². The average Bonchev–Trinajstić information content (AvgIpc) is 2.22. The molecule has 1 spiro atoms. The Labute approximate surface area is 99.2 Å². The Morgan fingerprint density at radius 1 is 0.684 bits per heavy atom. The van der Waals surface area contributed by atoms with Crippen LogP contribution in [0, 0.1) is 0 Å². The molecule has 0 unspecified atom stereocenters. The molecule has 0 aliphatic carbocycles. The first-order chi connectivity index (χ1) is 8.40. The molecule has 2 saturated heterocycles. The molecule has 2 heterocycles. The number of alkyl halides is 2. The van der Waals surface area contributed by atoms with Gasteiger partial charge < -0.3 is 0 Å². The van der Waals surface area contributed by atoms with Gasteiger partial charge >= 0.3 is 98.1 Å². The summed E-state index contributed by atoms with van der Waals surface area (Å²) in [5.41, 5.74) is 0. The van der Waals surface area contributed by atoms with E-state index in [-0.39, 0.29) is 0 Å². The fraction of sp³-hybridized carbons (Fsp3) is 0.333. The third-order valence-electron chi connectivity index (χ3n) is 1.91. The molecule has 0 saturated carbocycles. The molecular formula is C6H2F4O8P-. The van der Waals surface area contributed by atoms with Gasteiger partial charge in [-0.05, 0) is 0 Å². The van der Waals surface area contributed by atoms with Crippen molar-refractivity contribution in [1.82, 2.24) is 0 Å². The summed E-state index contributed by atoms with van der Waals surface area (Å²) >= 11 is 0. The second-order valence-electron chi connectivity index (χ2n) is 3.43. The third-order valence-corrected chi connectivity index (χ3v) is 4.08. The number of carbonyl (C=O) groups is 4. The predicted molar refractivity (Wildman–Crippen MR) is 43.3 cm³/mol. The zero-order chi connectivity index (χ0) is 14.7. The zero-order valence-corrected chi connectivity index (χ0v) is 9.27. The van der Waals surface area contributed by atoms with Crippen LogP contribution < -0.4 is 0 Å². The van der Waals surface area contributed by atoms with Crippen LogP contribution in [-0.2, 0) is 37.3 Å². The van der Waals surface area contributed by atoms with Gasteiger partial charge in [0.25, 0.3) is 0 Å². The average molecular weight is 309 g/mol. The normalized spacial score (nSPS) is 38.5. The summed E-state index contributed by atoms with van der Waals surface area (Å²) in [7, 11) is -8.97. The van der Waals surface area contributed by atoms with Crippen molar-refractivity contribution in [2.75, 3.05) is 0 Å². The maximum atomic E-state index is 14.1. The van der Waals surface area contributed by atoms with E-state index in [1.165, 1.54) is 0 Å². The summed E-state index contributed by atoms with van der Waals surface area (Å²) in [4.78, 5) is 43.1. The van der Waals surface area contributed by atoms with Gasteiger partial charge in [0.1, 0.15) is 0 Å². The molecule has 13 heteroatoms. The molecule has 2 aliphatic rings. The Morgan fingerprint density at radius 3 is 1.11 bits per heavy atom. The molecule has 0 N–H and O–H groups in total. The SMILES string of the molecule is O=C1O[P-]2(F)(F)(OC(=O)C1F)OC(=O)C(F)C(=O)O2. The van der Waals surface area contributed by atoms with E-state index in [9.17, 15) is 36.4 Å². The monoisotopic (exact) mass is 309 g/mol. The van der Waals surface area contributed by atoms with Gasteiger partial charge in [-0.3, -0.25) is 0 Å². The van der Waals surface area contributed by atoms with Crippen LogP contribution in [0.1, 0.15) is 0 Å². The van der Waals surface area contributed by atoms with Crippen molar-refractivity contribution in [2.45, 2.75) is 12.3 Å². The van der Waals surface area contributed by atoms with Crippen molar-refractivity contribution in [1.29, 1.82) is 0 Å². The Kier molecular flexibility index (Phi) is 2.09. The first-order valence-corrected chi connectivity index (χ1v) is 6.43. The topological polar surface area (TPSA) is 105 Å². The predicted octanol–water partition coefficient (Wildman–Crippen LogP) is 0.381. The molecule has 8 nitrogen and oxygen atoms in total. The molecule has 0 aromatic carbocycles. The minimum absolute atomic E-state index is 2.50. The first-order valence-electron chi connectivity index (χ1n) is 4.29. The Bertz CT molecular complexity index is 462. The van der Waals surface area contributed by atoms with Crippen LogP contribution in [0.15, 0.2) is 0 Å². The Balaban J connectivity index is 2.56. The second kappa shape index (κ2) is 2.95. The number of hydrogen-bond donors (Lipinski definition) is 0. The molecule has 2 aliphatic heterocycles. The molecule has 0 aromatic rings. The summed E-state index contributed by atoms with van der Waals surface area (Å²) in [6, 6.07) is 0. The second-order valence-corrected chi connectivity index (χ2v) is 6.29. The first kappa shape index (κ1) is 13.5. The van der Waals surface area contributed by atoms with E-state index in [2.05, 4.69) is 18.1 Å². The van der Waals surface area contributed by atoms with Crippen molar-refractivity contribution in [2.24, 2.45) is 0 Å². The zero-order valence-electron chi connectivity index (χ0n) is 8.38. The molecule has 2 rings (SSSR count). The molecule has 0 radical (unpaired) electrons. The quantitative estimate of drug-likeness (QED) is 0.359. The summed E-state index contributed by atoms with van der Waals surface area (Å²) in [5.74, 6) is -10.0. The van der Waals surface area contributed by atoms with E-state index in [4.69, 9.17) is 0 Å². The molecule has 0 bridgehead atoms. The van der Waals surface area contributed by atoms with Gasteiger partial charge in [-0.25, -0.2) is 0 Å². The standard InChI is InChI=1S/C6H2F4O8P/c7-1-3(11)15-19(9,10,16-4(1)12)17-5(13)2(8)6(14)18-19/h1-2H/q-1. The summed E-state index contributed by atoms with van der Waals surface area (Å²) < 4.78 is 66.3. The van der Waals surface area contributed by atoms with E-state index in [0.717, 1.165) is 0 Å². The Morgan fingerprint density at radius 2 is 0.895 bits per heavy atom. The van der Waals surface area contributed by atoms with E-state index >= 15 is 0 Å². The van der Waals surface area contributed by atoms with Crippen molar-refractivity contribution in [3.8, 4) is 0 Å². The van der Waals surface area contributed by atoms with Crippen LogP contribution in [-0.4, -0.2) is 36.2 Å². The van der Waals surface area contributed by atoms with E-state index < -0.39 is 43.7 Å². The van der Waals surface area contributed by atoms with E-state index in [1.807, 2.05) is 0 Å². The van der Waals surface area contributed by atoms with Crippen molar-refractivity contribution in [3.63, 3.8) is 0 Å². The van der Waals surface area contributed by atoms with Crippen LogP contribution in [0.3, 0.4) is 0 Å². The van der Waals surface area contributed by atoms with Crippen molar-refractivity contribution >= 4 is 31.4 Å². The minimum atomic E-state index is -8.97. The maximum absolute atomic E-state index is 14.1. The molecule has 19 heavy (non-hydrogen) atoms. The van der Waals surface area contributed by atoms with Crippen molar-refractivity contribution in [3.05, 3.63) is 0 Å². The third kappa shape index (κ3) is 1.79. The molecule has 0 amide bonds. The summed E-state index contributed by atoms with van der Waals surface area (Å²) in [5, 5.41) is 0.